The highest BCUT2D eigenvalue weighted by molar-refractivity contribution is 9.10. The van der Waals surface area contributed by atoms with Crippen molar-refractivity contribution in [1.29, 1.82) is 0 Å². The lowest BCUT2D eigenvalue weighted by Gasteiger charge is -2.12. The normalized spacial score (nSPS) is 10.4. The van der Waals surface area contributed by atoms with Crippen LogP contribution in [0.25, 0.3) is 0 Å². The molecule has 160 valence electrons. The van der Waals surface area contributed by atoms with Crippen LogP contribution in [-0.2, 0) is 4.74 Å². The zero-order valence-electron chi connectivity index (χ0n) is 17.0. The molecule has 0 aromatic heterocycles. The minimum atomic E-state index is -0.357. The molecule has 0 saturated heterocycles. The first-order valence-electron chi connectivity index (χ1n) is 9.24. The topological polar surface area (TPSA) is 88.7 Å². The van der Waals surface area contributed by atoms with E-state index in [1.165, 1.54) is 0 Å². The minimum absolute atomic E-state index is 0.0594. The van der Waals surface area contributed by atoms with E-state index in [9.17, 15) is 9.59 Å². The van der Waals surface area contributed by atoms with Gasteiger partial charge in [-0.05, 0) is 84.5 Å². The third-order valence-electron chi connectivity index (χ3n) is 3.79. The van der Waals surface area contributed by atoms with Crippen molar-refractivity contribution in [3.05, 3.63) is 58.1 Å². The Morgan fingerprint density at radius 2 is 1.70 bits per heavy atom. The lowest BCUT2D eigenvalue weighted by molar-refractivity contribution is 0.0941. The standard InChI is InChI=1S/C21H24BrN3O4S/c1-13(2)23-19(26)14-4-7-16(8-5-14)24-21(30)25-20(27)15-6-9-18(17(22)12-15)29-11-10-28-3/h4-9,12-13H,10-11H2,1-3H3,(H,23,26)(H2,24,25,27,30). The van der Waals surface area contributed by atoms with Gasteiger partial charge in [0.2, 0.25) is 0 Å². The van der Waals surface area contributed by atoms with Crippen LogP contribution in [0.15, 0.2) is 46.9 Å². The molecule has 0 aliphatic heterocycles. The zero-order chi connectivity index (χ0) is 22.1. The maximum Gasteiger partial charge on any atom is 0.257 e. The molecule has 0 spiro atoms. The van der Waals surface area contributed by atoms with E-state index < -0.39 is 0 Å². The molecule has 2 amide bonds. The average Bonchev–Trinajstić information content (AvgIpc) is 2.69. The Balaban J connectivity index is 1.92. The lowest BCUT2D eigenvalue weighted by Crippen LogP contribution is -2.34. The van der Waals surface area contributed by atoms with Gasteiger partial charge in [0, 0.05) is 30.0 Å². The lowest BCUT2D eigenvalue weighted by atomic mass is 10.2. The molecular weight excluding hydrogens is 470 g/mol. The van der Waals surface area contributed by atoms with Gasteiger partial charge in [-0.2, -0.15) is 0 Å². The van der Waals surface area contributed by atoms with E-state index >= 15 is 0 Å². The first-order valence-corrected chi connectivity index (χ1v) is 10.4. The van der Waals surface area contributed by atoms with E-state index in [1.54, 1.807) is 49.6 Å². The summed E-state index contributed by atoms with van der Waals surface area (Å²) in [5, 5.41) is 8.53. The minimum Gasteiger partial charge on any atom is -0.490 e. The van der Waals surface area contributed by atoms with E-state index in [2.05, 4.69) is 31.9 Å². The van der Waals surface area contributed by atoms with E-state index in [4.69, 9.17) is 21.7 Å². The fourth-order valence-electron chi connectivity index (χ4n) is 2.38. The Bertz CT molecular complexity index is 904. The molecule has 0 fully saturated rings. The largest absolute Gasteiger partial charge is 0.490 e. The van der Waals surface area contributed by atoms with Crippen LogP contribution < -0.4 is 20.7 Å². The Kier molecular flexibility index (Phi) is 9.22. The molecule has 0 radical (unpaired) electrons. The SMILES string of the molecule is COCCOc1ccc(C(=O)NC(=S)Nc2ccc(C(=O)NC(C)C)cc2)cc1Br. The Morgan fingerprint density at radius 3 is 2.30 bits per heavy atom. The van der Waals surface area contributed by atoms with Gasteiger partial charge in [0.05, 0.1) is 11.1 Å². The quantitative estimate of drug-likeness (QED) is 0.383. The molecule has 0 heterocycles. The van der Waals surface area contributed by atoms with Crippen molar-refractivity contribution in [2.24, 2.45) is 0 Å². The van der Waals surface area contributed by atoms with Crippen LogP contribution in [0.1, 0.15) is 34.6 Å². The fourth-order valence-corrected chi connectivity index (χ4v) is 3.09. The van der Waals surface area contributed by atoms with Crippen molar-refractivity contribution >= 4 is 50.8 Å². The molecule has 2 aromatic rings. The van der Waals surface area contributed by atoms with Crippen LogP contribution in [0.3, 0.4) is 0 Å². The second-order valence-electron chi connectivity index (χ2n) is 6.60. The highest BCUT2D eigenvalue weighted by atomic mass is 79.9. The summed E-state index contributed by atoms with van der Waals surface area (Å²) >= 11 is 8.60. The van der Waals surface area contributed by atoms with Crippen molar-refractivity contribution in [1.82, 2.24) is 10.6 Å². The highest BCUT2D eigenvalue weighted by Gasteiger charge is 2.12. The van der Waals surface area contributed by atoms with Crippen LogP contribution in [0.2, 0.25) is 0 Å². The second kappa shape index (κ2) is 11.6. The molecule has 0 unspecified atom stereocenters. The van der Waals surface area contributed by atoms with Crippen LogP contribution in [0.4, 0.5) is 5.69 Å². The summed E-state index contributed by atoms with van der Waals surface area (Å²) in [6, 6.07) is 11.9. The summed E-state index contributed by atoms with van der Waals surface area (Å²) in [4.78, 5) is 24.4. The zero-order valence-corrected chi connectivity index (χ0v) is 19.4. The van der Waals surface area contributed by atoms with Crippen molar-refractivity contribution in [2.75, 3.05) is 25.6 Å². The summed E-state index contributed by atoms with van der Waals surface area (Å²) in [6.07, 6.45) is 0. The number of ether oxygens (including phenoxy) is 2. The van der Waals surface area contributed by atoms with Gasteiger partial charge in [0.25, 0.3) is 11.8 Å². The Morgan fingerprint density at radius 1 is 1.03 bits per heavy atom. The number of halogens is 1. The molecule has 2 aromatic carbocycles. The van der Waals surface area contributed by atoms with Crippen molar-refractivity contribution in [3.63, 3.8) is 0 Å². The summed E-state index contributed by atoms with van der Waals surface area (Å²) in [7, 11) is 1.60. The predicted octanol–water partition coefficient (Wildman–Crippen LogP) is 3.74. The first kappa shape index (κ1) is 23.8. The van der Waals surface area contributed by atoms with E-state index in [-0.39, 0.29) is 23.0 Å². The fraction of sp³-hybridized carbons (Fsp3) is 0.286. The number of methoxy groups -OCH3 is 1. The molecule has 0 aliphatic rings. The number of hydrogen-bond acceptors (Lipinski definition) is 5. The van der Waals surface area contributed by atoms with Gasteiger partial charge in [-0.25, -0.2) is 0 Å². The predicted molar refractivity (Wildman–Crippen MR) is 124 cm³/mol. The Hall–Kier alpha value is -2.49. The van der Waals surface area contributed by atoms with Gasteiger partial charge in [-0.1, -0.05) is 0 Å². The van der Waals surface area contributed by atoms with Gasteiger partial charge in [-0.15, -0.1) is 0 Å². The monoisotopic (exact) mass is 493 g/mol. The molecule has 0 atom stereocenters. The molecule has 2 rings (SSSR count). The number of carbonyl (C=O) groups is 2. The first-order chi connectivity index (χ1) is 14.3. The third kappa shape index (κ3) is 7.40. The summed E-state index contributed by atoms with van der Waals surface area (Å²) in [5.41, 5.74) is 1.62. The van der Waals surface area contributed by atoms with Gasteiger partial charge in [0.15, 0.2) is 5.11 Å². The highest BCUT2D eigenvalue weighted by Crippen LogP contribution is 2.26. The Labute approximate surface area is 189 Å². The molecule has 0 aliphatic carbocycles. The van der Waals surface area contributed by atoms with Crippen molar-refractivity contribution < 1.29 is 19.1 Å². The van der Waals surface area contributed by atoms with Crippen molar-refractivity contribution in [3.8, 4) is 5.75 Å². The number of thiocarbonyl (C=S) groups is 1. The number of rotatable bonds is 8. The van der Waals surface area contributed by atoms with E-state index in [0.29, 0.717) is 40.3 Å². The second-order valence-corrected chi connectivity index (χ2v) is 7.86. The van der Waals surface area contributed by atoms with Crippen LogP contribution in [0.5, 0.6) is 5.75 Å². The van der Waals surface area contributed by atoms with Gasteiger partial charge in [0.1, 0.15) is 12.4 Å². The molecule has 3 N–H and O–H groups in total. The maximum absolute atomic E-state index is 12.4. The maximum atomic E-state index is 12.4. The molecule has 0 bridgehead atoms. The summed E-state index contributed by atoms with van der Waals surface area (Å²) in [5.74, 6) is 0.114. The smallest absolute Gasteiger partial charge is 0.257 e. The van der Waals surface area contributed by atoms with Crippen molar-refractivity contribution in [2.45, 2.75) is 19.9 Å². The van der Waals surface area contributed by atoms with Crippen LogP contribution in [-0.4, -0.2) is 43.3 Å². The van der Waals surface area contributed by atoms with E-state index in [1.807, 2.05) is 13.8 Å². The van der Waals surface area contributed by atoms with E-state index in [0.717, 1.165) is 0 Å². The third-order valence-corrected chi connectivity index (χ3v) is 4.61. The molecule has 30 heavy (non-hydrogen) atoms. The van der Waals surface area contributed by atoms with Gasteiger partial charge < -0.3 is 20.1 Å². The van der Waals surface area contributed by atoms with Crippen LogP contribution in [0, 0.1) is 0 Å². The molecule has 0 saturated carbocycles. The molecule has 9 heteroatoms. The number of carbonyl (C=O) groups excluding carboxylic acids is 2. The number of anilines is 1. The number of amides is 2. The van der Waals surface area contributed by atoms with Crippen LogP contribution >= 0.6 is 28.1 Å². The average molecular weight is 494 g/mol. The number of nitrogens with one attached hydrogen (secondary N) is 3. The summed E-state index contributed by atoms with van der Waals surface area (Å²) in [6.45, 7) is 4.68. The summed E-state index contributed by atoms with van der Waals surface area (Å²) < 4.78 is 11.1. The van der Waals surface area contributed by atoms with Gasteiger partial charge in [-0.3, -0.25) is 14.9 Å². The molecule has 7 nitrogen and oxygen atoms in total. The molecular formula is C21H24BrN3O4S. The number of hydrogen-bond donors (Lipinski definition) is 3. The van der Waals surface area contributed by atoms with Gasteiger partial charge >= 0.3 is 0 Å². The number of benzene rings is 2.